The fraction of sp³-hybridized carbons (Fsp3) is 0.857. The summed E-state index contributed by atoms with van der Waals surface area (Å²) in [5, 5.41) is 12.4. The molecule has 2 aliphatic heterocycles. The van der Waals surface area contributed by atoms with E-state index in [1.54, 1.807) is 4.90 Å². The summed E-state index contributed by atoms with van der Waals surface area (Å²) >= 11 is 0. The summed E-state index contributed by atoms with van der Waals surface area (Å²) < 4.78 is 0. The van der Waals surface area contributed by atoms with Crippen LogP contribution in [0.2, 0.25) is 0 Å². The zero-order valence-corrected chi connectivity index (χ0v) is 11.4. The number of carbonyl (C=O) groups excluding carboxylic acids is 1. The van der Waals surface area contributed by atoms with Crippen LogP contribution in [0.5, 0.6) is 0 Å². The Bertz CT molecular complexity index is 337. The van der Waals surface area contributed by atoms with Gasteiger partial charge in [-0.15, -0.1) is 0 Å². The van der Waals surface area contributed by atoms with Crippen LogP contribution in [-0.2, 0) is 4.79 Å². The number of carbonyl (C=O) groups is 1. The molecule has 2 saturated heterocycles. The standard InChI is InChI=1S/C14H23N3O/c1-10(8-15)9-17(2)14(18)7-11-5-12-3-4-13(6-11)16-12/h10-13,16H,3-7,9H2,1-2H3. The van der Waals surface area contributed by atoms with Crippen molar-refractivity contribution in [2.24, 2.45) is 11.8 Å². The first kappa shape index (κ1) is 13.4. The van der Waals surface area contributed by atoms with Crippen molar-refractivity contribution in [1.82, 2.24) is 10.2 Å². The van der Waals surface area contributed by atoms with Crippen molar-refractivity contribution in [3.05, 3.63) is 0 Å². The van der Waals surface area contributed by atoms with Crippen LogP contribution in [0.4, 0.5) is 0 Å². The number of hydrogen-bond donors (Lipinski definition) is 1. The van der Waals surface area contributed by atoms with Crippen LogP contribution in [0.3, 0.4) is 0 Å². The van der Waals surface area contributed by atoms with Crippen molar-refractivity contribution in [1.29, 1.82) is 5.26 Å². The molecule has 4 nitrogen and oxygen atoms in total. The fourth-order valence-electron chi connectivity index (χ4n) is 3.30. The lowest BCUT2D eigenvalue weighted by Gasteiger charge is -2.30. The molecule has 0 saturated carbocycles. The van der Waals surface area contributed by atoms with Gasteiger partial charge in [0, 0.05) is 32.1 Å². The molecule has 100 valence electrons. The van der Waals surface area contributed by atoms with Gasteiger partial charge in [-0.25, -0.2) is 0 Å². The molecule has 3 atom stereocenters. The number of hydrogen-bond acceptors (Lipinski definition) is 3. The van der Waals surface area contributed by atoms with Crippen LogP contribution in [0, 0.1) is 23.2 Å². The van der Waals surface area contributed by atoms with Crippen LogP contribution in [0.15, 0.2) is 0 Å². The van der Waals surface area contributed by atoms with E-state index in [4.69, 9.17) is 5.26 Å². The second-order valence-electron chi connectivity index (χ2n) is 5.98. The SMILES string of the molecule is CC(C#N)CN(C)C(=O)CC1CC2CCC(C1)N2. The van der Waals surface area contributed by atoms with Crippen LogP contribution in [0.25, 0.3) is 0 Å². The molecular weight excluding hydrogens is 226 g/mol. The van der Waals surface area contributed by atoms with Crippen molar-refractivity contribution >= 4 is 5.91 Å². The van der Waals surface area contributed by atoms with Gasteiger partial charge in [0.15, 0.2) is 0 Å². The lowest BCUT2D eigenvalue weighted by molar-refractivity contribution is -0.131. The van der Waals surface area contributed by atoms with E-state index in [1.807, 2.05) is 14.0 Å². The van der Waals surface area contributed by atoms with Gasteiger partial charge in [-0.3, -0.25) is 4.79 Å². The second kappa shape index (κ2) is 5.71. The predicted molar refractivity (Wildman–Crippen MR) is 69.7 cm³/mol. The van der Waals surface area contributed by atoms with Gasteiger partial charge in [-0.05, 0) is 38.5 Å². The summed E-state index contributed by atoms with van der Waals surface area (Å²) in [6, 6.07) is 3.46. The van der Waals surface area contributed by atoms with Gasteiger partial charge in [-0.2, -0.15) is 5.26 Å². The summed E-state index contributed by atoms with van der Waals surface area (Å²) in [4.78, 5) is 13.8. The van der Waals surface area contributed by atoms with Gasteiger partial charge in [0.2, 0.25) is 5.91 Å². The molecule has 2 fully saturated rings. The molecule has 4 heteroatoms. The molecule has 2 aliphatic rings. The average molecular weight is 249 g/mol. The van der Waals surface area contributed by atoms with E-state index in [-0.39, 0.29) is 11.8 Å². The van der Waals surface area contributed by atoms with Crippen molar-refractivity contribution in [3.63, 3.8) is 0 Å². The molecule has 18 heavy (non-hydrogen) atoms. The van der Waals surface area contributed by atoms with E-state index in [9.17, 15) is 4.79 Å². The van der Waals surface area contributed by atoms with E-state index < -0.39 is 0 Å². The molecule has 1 N–H and O–H groups in total. The highest BCUT2D eigenvalue weighted by molar-refractivity contribution is 5.76. The van der Waals surface area contributed by atoms with Crippen molar-refractivity contribution < 1.29 is 4.79 Å². The molecule has 0 aromatic heterocycles. The first-order valence-corrected chi connectivity index (χ1v) is 6.98. The zero-order chi connectivity index (χ0) is 13.1. The van der Waals surface area contributed by atoms with Gasteiger partial charge in [0.1, 0.15) is 0 Å². The Hall–Kier alpha value is -1.08. The molecule has 2 rings (SSSR count). The van der Waals surface area contributed by atoms with Crippen molar-refractivity contribution in [2.75, 3.05) is 13.6 Å². The smallest absolute Gasteiger partial charge is 0.222 e. The van der Waals surface area contributed by atoms with E-state index in [0.717, 1.165) is 12.8 Å². The molecule has 0 aromatic carbocycles. The maximum atomic E-state index is 12.1. The normalized spacial score (nSPS) is 31.7. The molecule has 0 aliphatic carbocycles. The maximum Gasteiger partial charge on any atom is 0.222 e. The third-order valence-electron chi connectivity index (χ3n) is 4.23. The molecule has 2 bridgehead atoms. The monoisotopic (exact) mass is 249 g/mol. The van der Waals surface area contributed by atoms with Crippen molar-refractivity contribution in [3.8, 4) is 6.07 Å². The van der Waals surface area contributed by atoms with E-state index >= 15 is 0 Å². The van der Waals surface area contributed by atoms with Crippen LogP contribution in [0.1, 0.15) is 39.0 Å². The Kier molecular flexibility index (Phi) is 4.23. The molecule has 0 aromatic rings. The van der Waals surface area contributed by atoms with Crippen molar-refractivity contribution in [2.45, 2.75) is 51.1 Å². The summed E-state index contributed by atoms with van der Waals surface area (Å²) in [7, 11) is 1.81. The lowest BCUT2D eigenvalue weighted by atomic mass is 9.89. The van der Waals surface area contributed by atoms with E-state index in [0.29, 0.717) is 31.0 Å². The third kappa shape index (κ3) is 3.23. The zero-order valence-electron chi connectivity index (χ0n) is 11.4. The number of amides is 1. The fourth-order valence-corrected chi connectivity index (χ4v) is 3.30. The Morgan fingerprint density at radius 1 is 1.44 bits per heavy atom. The number of nitrogens with zero attached hydrogens (tertiary/aromatic N) is 2. The first-order valence-electron chi connectivity index (χ1n) is 6.98. The lowest BCUT2D eigenvalue weighted by Crippen LogP contribution is -2.40. The van der Waals surface area contributed by atoms with Gasteiger partial charge in [0.25, 0.3) is 0 Å². The predicted octanol–water partition coefficient (Wildman–Crippen LogP) is 1.53. The molecule has 3 unspecified atom stereocenters. The summed E-state index contributed by atoms with van der Waals surface area (Å²) in [6.45, 7) is 2.40. The second-order valence-corrected chi connectivity index (χ2v) is 5.98. The molecule has 2 heterocycles. The highest BCUT2D eigenvalue weighted by atomic mass is 16.2. The Morgan fingerprint density at radius 2 is 2.06 bits per heavy atom. The Labute approximate surface area is 109 Å². The molecule has 0 radical (unpaired) electrons. The van der Waals surface area contributed by atoms with Gasteiger partial charge in [-0.1, -0.05) is 0 Å². The highest BCUT2D eigenvalue weighted by Gasteiger charge is 2.34. The topological polar surface area (TPSA) is 56.1 Å². The van der Waals surface area contributed by atoms with Crippen LogP contribution < -0.4 is 5.32 Å². The average Bonchev–Trinajstić information content (AvgIpc) is 2.68. The van der Waals surface area contributed by atoms with E-state index in [1.165, 1.54) is 12.8 Å². The number of nitrogens with one attached hydrogen (secondary N) is 1. The van der Waals surface area contributed by atoms with Gasteiger partial charge < -0.3 is 10.2 Å². The third-order valence-corrected chi connectivity index (χ3v) is 4.23. The molecular formula is C14H23N3O. The number of rotatable bonds is 4. The Balaban J connectivity index is 1.79. The minimum atomic E-state index is -0.0804. The number of fused-ring (bicyclic) bond motifs is 2. The maximum absolute atomic E-state index is 12.1. The van der Waals surface area contributed by atoms with Crippen LogP contribution >= 0.6 is 0 Å². The Morgan fingerprint density at radius 3 is 2.61 bits per heavy atom. The summed E-state index contributed by atoms with van der Waals surface area (Å²) in [5.41, 5.74) is 0. The van der Waals surface area contributed by atoms with Crippen LogP contribution in [-0.4, -0.2) is 36.5 Å². The summed E-state index contributed by atoms with van der Waals surface area (Å²) in [6.07, 6.45) is 5.49. The minimum absolute atomic E-state index is 0.0804. The molecule has 0 spiro atoms. The molecule has 1 amide bonds. The van der Waals surface area contributed by atoms with E-state index in [2.05, 4.69) is 11.4 Å². The van der Waals surface area contributed by atoms with Gasteiger partial charge >= 0.3 is 0 Å². The first-order chi connectivity index (χ1) is 8.58. The summed E-state index contributed by atoms with van der Waals surface area (Å²) in [5.74, 6) is 0.655. The van der Waals surface area contributed by atoms with Gasteiger partial charge in [0.05, 0.1) is 12.0 Å². The largest absolute Gasteiger partial charge is 0.344 e. The quantitative estimate of drug-likeness (QED) is 0.822. The number of piperidine rings is 1. The minimum Gasteiger partial charge on any atom is -0.344 e. The number of nitriles is 1. The highest BCUT2D eigenvalue weighted by Crippen LogP contribution is 2.32.